The summed E-state index contributed by atoms with van der Waals surface area (Å²) in [5.74, 6) is -0.118. The van der Waals surface area contributed by atoms with Gasteiger partial charge in [0.25, 0.3) is 10.1 Å². The third kappa shape index (κ3) is 9.23. The lowest BCUT2D eigenvalue weighted by Crippen LogP contribution is -2.13. The van der Waals surface area contributed by atoms with E-state index in [0.717, 1.165) is 12.8 Å². The van der Waals surface area contributed by atoms with Crippen LogP contribution in [0.2, 0.25) is 0 Å². The number of benzene rings is 1. The minimum atomic E-state index is -3.55. The van der Waals surface area contributed by atoms with Gasteiger partial charge in [0.1, 0.15) is 5.75 Å². The van der Waals surface area contributed by atoms with Gasteiger partial charge < -0.3 is 9.47 Å². The molecule has 0 aliphatic heterocycles. The third-order valence-corrected chi connectivity index (χ3v) is 3.81. The summed E-state index contributed by atoms with van der Waals surface area (Å²) in [7, 11) is -3.55. The molecule has 0 saturated carbocycles. The molecule has 0 radical (unpaired) electrons. The van der Waals surface area contributed by atoms with E-state index in [1.165, 1.54) is 6.26 Å². The van der Waals surface area contributed by atoms with Gasteiger partial charge in [0, 0.05) is 6.61 Å². The molecule has 0 spiro atoms. The molecule has 6 heteroatoms. The molecule has 0 aliphatic carbocycles. The van der Waals surface area contributed by atoms with Crippen LogP contribution >= 0.6 is 0 Å². The second-order valence-corrected chi connectivity index (χ2v) is 6.01. The highest BCUT2D eigenvalue weighted by atomic mass is 32.2. The summed E-state index contributed by atoms with van der Waals surface area (Å²) in [6.07, 6.45) is 3.14. The van der Waals surface area contributed by atoms with Crippen molar-refractivity contribution in [3.63, 3.8) is 0 Å². The lowest BCUT2D eigenvalue weighted by Gasteiger charge is -2.07. The predicted octanol–water partition coefficient (Wildman–Crippen LogP) is 2.49. The fourth-order valence-electron chi connectivity index (χ4n) is 1.61. The maximum absolute atomic E-state index is 11.7. The Hall–Kier alpha value is -1.37. The Labute approximate surface area is 126 Å². The van der Waals surface area contributed by atoms with Crippen LogP contribution in [0.25, 0.3) is 0 Å². The minimum absolute atomic E-state index is 0.0400. The van der Waals surface area contributed by atoms with Crippen LogP contribution in [0.4, 0.5) is 0 Å². The van der Waals surface area contributed by atoms with E-state index in [4.69, 9.17) is 13.7 Å². The first kappa shape index (κ1) is 17.7. The second-order valence-electron chi connectivity index (χ2n) is 4.37. The van der Waals surface area contributed by atoms with E-state index in [-0.39, 0.29) is 19.0 Å². The molecule has 0 unspecified atom stereocenters. The van der Waals surface area contributed by atoms with E-state index in [1.54, 1.807) is 24.3 Å². The average Bonchev–Trinajstić information content (AvgIpc) is 2.46. The zero-order chi connectivity index (χ0) is 15.4. The van der Waals surface area contributed by atoms with Crippen LogP contribution in [-0.2, 0) is 29.5 Å². The second kappa shape index (κ2) is 10.4. The van der Waals surface area contributed by atoms with Crippen LogP contribution in [0.3, 0.4) is 0 Å². The summed E-state index contributed by atoms with van der Waals surface area (Å²) in [6.45, 7) is 4.92. The Morgan fingerprint density at radius 2 is 1.71 bits per heavy atom. The van der Waals surface area contributed by atoms with Gasteiger partial charge in [-0.15, -0.1) is 0 Å². The first-order chi connectivity index (χ1) is 10.1. The van der Waals surface area contributed by atoms with Crippen molar-refractivity contribution in [2.24, 2.45) is 0 Å². The molecule has 1 aromatic carbocycles. The Bertz CT molecular complexity index is 484. The molecule has 0 aliphatic rings. The molecule has 0 amide bonds. The van der Waals surface area contributed by atoms with Crippen molar-refractivity contribution < 1.29 is 22.1 Å². The standard InChI is InChI=1S/C15H22O5S/c1-2-18-10-6-7-11-19-12-13-20-21(16,17)14-15-8-4-3-5-9-15/h2-5,8-9H,1,6-7,10-14H2. The van der Waals surface area contributed by atoms with E-state index < -0.39 is 10.1 Å². The zero-order valence-corrected chi connectivity index (χ0v) is 12.9. The zero-order valence-electron chi connectivity index (χ0n) is 12.1. The molecule has 118 valence electrons. The van der Waals surface area contributed by atoms with Gasteiger partial charge in [-0.05, 0) is 18.4 Å². The molecule has 0 atom stereocenters. The van der Waals surface area contributed by atoms with E-state index in [2.05, 4.69) is 6.58 Å². The highest BCUT2D eigenvalue weighted by molar-refractivity contribution is 7.85. The summed E-state index contributed by atoms with van der Waals surface area (Å²) in [5.41, 5.74) is 0.709. The molecular formula is C15H22O5S. The van der Waals surface area contributed by atoms with Crippen LogP contribution in [0.15, 0.2) is 43.2 Å². The number of hydrogen-bond acceptors (Lipinski definition) is 5. The molecule has 1 aromatic rings. The minimum Gasteiger partial charge on any atom is -0.502 e. The van der Waals surface area contributed by atoms with Crippen LogP contribution in [0.1, 0.15) is 18.4 Å². The van der Waals surface area contributed by atoms with Crippen LogP contribution < -0.4 is 0 Å². The van der Waals surface area contributed by atoms with Crippen LogP contribution in [0.5, 0.6) is 0 Å². The topological polar surface area (TPSA) is 61.8 Å². The summed E-state index contributed by atoms with van der Waals surface area (Å²) in [4.78, 5) is 0. The van der Waals surface area contributed by atoms with Crippen molar-refractivity contribution in [2.75, 3.05) is 26.4 Å². The van der Waals surface area contributed by atoms with Crippen LogP contribution in [-0.4, -0.2) is 34.8 Å². The van der Waals surface area contributed by atoms with Crippen molar-refractivity contribution in [3.05, 3.63) is 48.7 Å². The Balaban J connectivity index is 2.07. The summed E-state index contributed by atoms with van der Waals surface area (Å²) >= 11 is 0. The maximum atomic E-state index is 11.7. The van der Waals surface area contributed by atoms with Gasteiger partial charge in [0.2, 0.25) is 0 Å². The van der Waals surface area contributed by atoms with E-state index in [1.807, 2.05) is 6.07 Å². The number of ether oxygens (including phenoxy) is 2. The van der Waals surface area contributed by atoms with Crippen molar-refractivity contribution in [1.29, 1.82) is 0 Å². The molecular weight excluding hydrogens is 292 g/mol. The fourth-order valence-corrected chi connectivity index (χ4v) is 2.62. The van der Waals surface area contributed by atoms with Gasteiger partial charge in [-0.1, -0.05) is 36.9 Å². The first-order valence-corrected chi connectivity index (χ1v) is 8.43. The number of unbranched alkanes of at least 4 members (excludes halogenated alkanes) is 1. The Kier molecular flexibility index (Phi) is 8.73. The molecule has 0 bridgehead atoms. The predicted molar refractivity (Wildman–Crippen MR) is 81.2 cm³/mol. The third-order valence-electron chi connectivity index (χ3n) is 2.60. The Morgan fingerprint density at radius 3 is 2.43 bits per heavy atom. The number of hydrogen-bond donors (Lipinski definition) is 0. The largest absolute Gasteiger partial charge is 0.502 e. The lowest BCUT2D eigenvalue weighted by molar-refractivity contribution is 0.0953. The maximum Gasteiger partial charge on any atom is 0.271 e. The number of rotatable bonds is 12. The average molecular weight is 314 g/mol. The monoisotopic (exact) mass is 314 g/mol. The van der Waals surface area contributed by atoms with E-state index in [9.17, 15) is 8.42 Å². The molecule has 5 nitrogen and oxygen atoms in total. The van der Waals surface area contributed by atoms with Gasteiger partial charge in [-0.25, -0.2) is 0 Å². The van der Waals surface area contributed by atoms with Crippen molar-refractivity contribution in [3.8, 4) is 0 Å². The molecule has 0 fully saturated rings. The molecule has 1 rings (SSSR count). The van der Waals surface area contributed by atoms with Crippen LogP contribution in [0, 0.1) is 0 Å². The first-order valence-electron chi connectivity index (χ1n) is 6.85. The lowest BCUT2D eigenvalue weighted by atomic mass is 10.2. The van der Waals surface area contributed by atoms with E-state index in [0.29, 0.717) is 18.8 Å². The molecule has 0 N–H and O–H groups in total. The van der Waals surface area contributed by atoms with Crippen molar-refractivity contribution >= 4 is 10.1 Å². The van der Waals surface area contributed by atoms with Crippen molar-refractivity contribution in [1.82, 2.24) is 0 Å². The molecule has 0 heterocycles. The van der Waals surface area contributed by atoms with Gasteiger partial charge in [-0.3, -0.25) is 4.18 Å². The highest BCUT2D eigenvalue weighted by Crippen LogP contribution is 2.07. The molecule has 0 saturated heterocycles. The van der Waals surface area contributed by atoms with Gasteiger partial charge in [0.15, 0.2) is 0 Å². The molecule has 0 aromatic heterocycles. The summed E-state index contributed by atoms with van der Waals surface area (Å²) in [6, 6.07) is 8.93. The van der Waals surface area contributed by atoms with Gasteiger partial charge in [0.05, 0.1) is 26.1 Å². The highest BCUT2D eigenvalue weighted by Gasteiger charge is 2.11. The smallest absolute Gasteiger partial charge is 0.271 e. The summed E-state index contributed by atoms with van der Waals surface area (Å²) < 4.78 is 38.5. The normalized spacial score (nSPS) is 11.2. The Morgan fingerprint density at radius 1 is 1.00 bits per heavy atom. The van der Waals surface area contributed by atoms with E-state index >= 15 is 0 Å². The summed E-state index contributed by atoms with van der Waals surface area (Å²) in [5, 5.41) is 0. The van der Waals surface area contributed by atoms with Gasteiger partial charge in [-0.2, -0.15) is 8.42 Å². The fraction of sp³-hybridized carbons (Fsp3) is 0.467. The quantitative estimate of drug-likeness (QED) is 0.337. The SMILES string of the molecule is C=COCCCCOCCOS(=O)(=O)Cc1ccccc1. The molecule has 21 heavy (non-hydrogen) atoms. The van der Waals surface area contributed by atoms with Crippen molar-refractivity contribution in [2.45, 2.75) is 18.6 Å². The van der Waals surface area contributed by atoms with Gasteiger partial charge >= 0.3 is 0 Å².